The first-order valence-electron chi connectivity index (χ1n) is 5.38. The van der Waals surface area contributed by atoms with E-state index in [1.807, 2.05) is 24.2 Å². The molecule has 0 bridgehead atoms. The minimum Gasteiger partial charge on any atom is -0.468 e. The van der Waals surface area contributed by atoms with Crippen LogP contribution in [0.1, 0.15) is 12.8 Å². The van der Waals surface area contributed by atoms with Crippen molar-refractivity contribution >= 4 is 5.97 Å². The molecule has 4 heteroatoms. The molecule has 0 saturated carbocycles. The Balaban J connectivity index is 2.18. The predicted octanol–water partition coefficient (Wildman–Crippen LogP) is 0.780. The molecule has 2 rings (SSSR count). The van der Waals surface area contributed by atoms with Crippen molar-refractivity contribution < 1.29 is 9.53 Å². The Bertz CT molecular complexity index is 392. The number of methoxy groups -OCH3 is 1. The van der Waals surface area contributed by atoms with Crippen molar-refractivity contribution in [3.05, 3.63) is 29.3 Å². The number of allylic oxidation sites excluding steroid dienone is 1. The molecule has 86 valence electrons. The van der Waals surface area contributed by atoms with Gasteiger partial charge in [0.2, 0.25) is 0 Å². The topological polar surface area (TPSA) is 41.6 Å². The summed E-state index contributed by atoms with van der Waals surface area (Å²) in [5.74, 6) is -0.193. The van der Waals surface area contributed by atoms with Crippen LogP contribution in [0.5, 0.6) is 0 Å². The number of nitrogens with one attached hydrogen (secondary N) is 1. The molecule has 0 radical (unpaired) electrons. The summed E-state index contributed by atoms with van der Waals surface area (Å²) in [4.78, 5) is 13.5. The van der Waals surface area contributed by atoms with Crippen molar-refractivity contribution in [3.8, 4) is 0 Å². The Morgan fingerprint density at radius 2 is 2.50 bits per heavy atom. The molecule has 2 aliphatic rings. The average Bonchev–Trinajstić information content (AvgIpc) is 2.50. The van der Waals surface area contributed by atoms with E-state index in [0.29, 0.717) is 6.42 Å². The van der Waals surface area contributed by atoms with Gasteiger partial charge in [0.15, 0.2) is 0 Å². The van der Waals surface area contributed by atoms with Crippen molar-refractivity contribution in [1.82, 2.24) is 10.2 Å². The van der Waals surface area contributed by atoms with Crippen molar-refractivity contribution in [2.24, 2.45) is 0 Å². The second kappa shape index (κ2) is 4.56. The summed E-state index contributed by atoms with van der Waals surface area (Å²) < 4.78 is 4.76. The van der Waals surface area contributed by atoms with Crippen LogP contribution < -0.4 is 5.32 Å². The summed E-state index contributed by atoms with van der Waals surface area (Å²) in [7, 11) is 3.41. The van der Waals surface area contributed by atoms with Crippen molar-refractivity contribution in [1.29, 1.82) is 0 Å². The van der Waals surface area contributed by atoms with Gasteiger partial charge in [-0.3, -0.25) is 4.79 Å². The lowest BCUT2D eigenvalue weighted by Gasteiger charge is -2.30. The van der Waals surface area contributed by atoms with Gasteiger partial charge < -0.3 is 15.0 Å². The molecule has 0 aromatic carbocycles. The molecule has 2 aliphatic heterocycles. The van der Waals surface area contributed by atoms with Crippen LogP contribution in [0.2, 0.25) is 0 Å². The third kappa shape index (κ3) is 2.03. The Kier molecular flexibility index (Phi) is 3.13. The Hall–Kier alpha value is -1.51. The summed E-state index contributed by atoms with van der Waals surface area (Å²) in [5, 5.41) is 3.20. The summed E-state index contributed by atoms with van der Waals surface area (Å²) in [5.41, 5.74) is 5.63. The number of hydrogen-bond acceptors (Lipinski definition) is 4. The number of carbonyl (C=O) groups is 1. The van der Waals surface area contributed by atoms with E-state index in [4.69, 9.17) is 4.74 Å². The normalized spacial score (nSPS) is 24.1. The largest absolute Gasteiger partial charge is 0.468 e. The molecule has 4 nitrogen and oxygen atoms in total. The zero-order valence-electron chi connectivity index (χ0n) is 9.62. The van der Waals surface area contributed by atoms with Crippen LogP contribution in [0, 0.1) is 0 Å². The number of ether oxygens (including phenoxy) is 1. The summed E-state index contributed by atoms with van der Waals surface area (Å²) in [6.07, 6.45) is 5.50. The Morgan fingerprint density at radius 3 is 3.25 bits per heavy atom. The van der Waals surface area contributed by atoms with Crippen molar-refractivity contribution in [3.63, 3.8) is 0 Å². The van der Waals surface area contributed by atoms with E-state index in [1.165, 1.54) is 18.4 Å². The smallest absolute Gasteiger partial charge is 0.323 e. The highest BCUT2D eigenvalue weighted by molar-refractivity contribution is 5.76. The monoisotopic (exact) mass is 220 g/mol. The number of carbonyl (C=O) groups excluding carboxylic acids is 1. The van der Waals surface area contributed by atoms with Crippen molar-refractivity contribution in [2.45, 2.75) is 18.9 Å². The van der Waals surface area contributed by atoms with Gasteiger partial charge in [-0.05, 0) is 18.1 Å². The van der Waals surface area contributed by atoms with E-state index < -0.39 is 0 Å². The molecule has 2 heterocycles. The van der Waals surface area contributed by atoms with Crippen LogP contribution in [0.3, 0.4) is 0 Å². The van der Waals surface area contributed by atoms with Crippen LogP contribution in [-0.2, 0) is 9.53 Å². The SMILES string of the molecule is COC(=O)C1CC2=C(CC=C=CN2C)CN1. The lowest BCUT2D eigenvalue weighted by Crippen LogP contribution is -2.43. The van der Waals surface area contributed by atoms with Gasteiger partial charge in [0, 0.05) is 31.9 Å². The van der Waals surface area contributed by atoms with Gasteiger partial charge in [-0.15, -0.1) is 5.73 Å². The second-order valence-corrected chi connectivity index (χ2v) is 4.03. The highest BCUT2D eigenvalue weighted by atomic mass is 16.5. The van der Waals surface area contributed by atoms with E-state index in [2.05, 4.69) is 11.0 Å². The van der Waals surface area contributed by atoms with E-state index in [9.17, 15) is 4.79 Å². The highest BCUT2D eigenvalue weighted by Crippen LogP contribution is 2.24. The standard InChI is InChI=1S/C12H16N2O2/c1-14-6-4-3-5-9-8-13-10(7-11(9)14)12(15)16-2/h3,6,10,13H,5,7-8H2,1-2H3. The predicted molar refractivity (Wildman–Crippen MR) is 60.5 cm³/mol. The lowest BCUT2D eigenvalue weighted by atomic mass is 9.99. The maximum absolute atomic E-state index is 11.5. The van der Waals surface area contributed by atoms with Crippen LogP contribution in [0.25, 0.3) is 0 Å². The molecule has 0 saturated heterocycles. The van der Waals surface area contributed by atoms with Crippen LogP contribution in [0.4, 0.5) is 0 Å². The Labute approximate surface area is 95.3 Å². The van der Waals surface area contributed by atoms with Gasteiger partial charge in [0.05, 0.1) is 7.11 Å². The van der Waals surface area contributed by atoms with E-state index in [1.54, 1.807) is 0 Å². The van der Waals surface area contributed by atoms with Crippen LogP contribution >= 0.6 is 0 Å². The van der Waals surface area contributed by atoms with Gasteiger partial charge in [0.25, 0.3) is 0 Å². The fourth-order valence-corrected chi connectivity index (χ4v) is 2.08. The van der Waals surface area contributed by atoms with E-state index in [0.717, 1.165) is 13.0 Å². The molecule has 0 aliphatic carbocycles. The molecule has 16 heavy (non-hydrogen) atoms. The fourth-order valence-electron chi connectivity index (χ4n) is 2.08. The molecule has 0 fully saturated rings. The van der Waals surface area contributed by atoms with Gasteiger partial charge in [-0.1, -0.05) is 0 Å². The Morgan fingerprint density at radius 1 is 1.69 bits per heavy atom. The zero-order valence-corrected chi connectivity index (χ0v) is 9.62. The molecule has 0 aromatic heterocycles. The third-order valence-electron chi connectivity index (χ3n) is 3.01. The molecule has 0 aromatic rings. The summed E-state index contributed by atoms with van der Waals surface area (Å²) >= 11 is 0. The first-order valence-corrected chi connectivity index (χ1v) is 5.38. The van der Waals surface area contributed by atoms with E-state index >= 15 is 0 Å². The first kappa shape index (κ1) is 11.0. The van der Waals surface area contributed by atoms with Crippen LogP contribution in [-0.4, -0.2) is 37.6 Å². The fraction of sp³-hybridized carbons (Fsp3) is 0.500. The minimum absolute atomic E-state index is 0.193. The number of nitrogens with zero attached hydrogens (tertiary/aromatic N) is 1. The number of esters is 1. The molecule has 0 amide bonds. The maximum atomic E-state index is 11.5. The molecule has 1 atom stereocenters. The molecule has 0 spiro atoms. The quantitative estimate of drug-likeness (QED) is 0.524. The highest BCUT2D eigenvalue weighted by Gasteiger charge is 2.27. The zero-order chi connectivity index (χ0) is 11.5. The van der Waals surface area contributed by atoms with E-state index in [-0.39, 0.29) is 12.0 Å². The molecular formula is C12H16N2O2. The van der Waals surface area contributed by atoms with Gasteiger partial charge in [0.1, 0.15) is 6.04 Å². The van der Waals surface area contributed by atoms with Crippen molar-refractivity contribution in [2.75, 3.05) is 20.7 Å². The van der Waals surface area contributed by atoms with Gasteiger partial charge >= 0.3 is 5.97 Å². The number of rotatable bonds is 1. The van der Waals surface area contributed by atoms with Crippen LogP contribution in [0.15, 0.2) is 29.3 Å². The molecule has 1 unspecified atom stereocenters. The van der Waals surface area contributed by atoms with Gasteiger partial charge in [-0.2, -0.15) is 0 Å². The lowest BCUT2D eigenvalue weighted by molar-refractivity contribution is -0.143. The molecular weight excluding hydrogens is 204 g/mol. The minimum atomic E-state index is -0.224. The maximum Gasteiger partial charge on any atom is 0.323 e. The molecule has 1 N–H and O–H groups in total. The first-order chi connectivity index (χ1) is 7.72. The number of hydrogen-bond donors (Lipinski definition) is 1. The summed E-state index contributed by atoms with van der Waals surface area (Å²) in [6.45, 7) is 0.742. The average molecular weight is 220 g/mol. The summed E-state index contributed by atoms with van der Waals surface area (Å²) in [6, 6.07) is -0.224. The second-order valence-electron chi connectivity index (χ2n) is 4.03. The third-order valence-corrected chi connectivity index (χ3v) is 3.01. The van der Waals surface area contributed by atoms with Gasteiger partial charge in [-0.25, -0.2) is 0 Å².